The number of carbonyl (C=O) groups excluding carboxylic acids is 2. The zero-order valence-electron chi connectivity index (χ0n) is 39.4. The van der Waals surface area contributed by atoms with Crippen LogP contribution in [0.15, 0.2) is 12.2 Å². The summed E-state index contributed by atoms with van der Waals surface area (Å²) in [5, 5.41) is 12.8. The number of hydrogen-bond donors (Lipinski definition) is 3. The molecule has 0 spiro atoms. The number of amides is 1. The summed E-state index contributed by atoms with van der Waals surface area (Å²) in [4.78, 5) is 34.1. The van der Waals surface area contributed by atoms with Gasteiger partial charge in [0.25, 0.3) is 0 Å². The Bertz CT molecular complexity index is 995. The van der Waals surface area contributed by atoms with E-state index in [1.165, 1.54) is 199 Å². The molecular formula is C50H98NO8P. The summed E-state index contributed by atoms with van der Waals surface area (Å²) in [5.41, 5.74) is 0. The number of rotatable bonds is 49. The Kier molecular flexibility index (Phi) is 46.3. The lowest BCUT2D eigenvalue weighted by Crippen LogP contribution is -2.27. The molecule has 0 radical (unpaired) electrons. The van der Waals surface area contributed by atoms with Gasteiger partial charge in [-0.2, -0.15) is 0 Å². The van der Waals surface area contributed by atoms with Crippen molar-refractivity contribution in [3.05, 3.63) is 12.2 Å². The number of hydrogen-bond acceptors (Lipinski definition) is 7. The molecule has 0 aliphatic rings. The van der Waals surface area contributed by atoms with Gasteiger partial charge in [-0.1, -0.05) is 225 Å². The number of allylic oxidation sites excluding steroid dienone is 2. The number of ether oxygens (including phenoxy) is 1. The second-order valence-corrected chi connectivity index (χ2v) is 19.0. The average Bonchev–Trinajstić information content (AvgIpc) is 3.23. The number of phosphoric acid groups is 1. The second-order valence-electron chi connectivity index (χ2n) is 17.5. The minimum absolute atomic E-state index is 0.0871. The van der Waals surface area contributed by atoms with Gasteiger partial charge in [0.2, 0.25) is 5.91 Å². The maximum atomic E-state index is 12.1. The minimum Gasteiger partial charge on any atom is -0.463 e. The SMILES string of the molecule is CCCCCCCC/C=C/CCCCCCCCCCCCCC(=O)OCC(O)COP(=O)(O)OCCNC(=O)CCCCCCCCCCCCCCCCCCCC. The largest absolute Gasteiger partial charge is 0.472 e. The summed E-state index contributed by atoms with van der Waals surface area (Å²) in [6.07, 6.45) is 51.5. The smallest absolute Gasteiger partial charge is 0.463 e. The van der Waals surface area contributed by atoms with Crippen LogP contribution in [0.25, 0.3) is 0 Å². The van der Waals surface area contributed by atoms with Crippen molar-refractivity contribution >= 4 is 19.7 Å². The Morgan fingerprint density at radius 2 is 0.850 bits per heavy atom. The third-order valence-electron chi connectivity index (χ3n) is 11.4. The van der Waals surface area contributed by atoms with Crippen molar-refractivity contribution in [2.45, 2.75) is 270 Å². The van der Waals surface area contributed by atoms with E-state index in [2.05, 4.69) is 31.3 Å². The van der Waals surface area contributed by atoms with Crippen LogP contribution in [0.1, 0.15) is 264 Å². The van der Waals surface area contributed by atoms with E-state index in [0.717, 1.165) is 38.5 Å². The zero-order chi connectivity index (χ0) is 43.9. The molecule has 0 bridgehead atoms. The average molecular weight is 872 g/mol. The molecule has 0 aliphatic carbocycles. The predicted molar refractivity (Wildman–Crippen MR) is 252 cm³/mol. The molecule has 0 saturated heterocycles. The van der Waals surface area contributed by atoms with Crippen LogP contribution in [-0.4, -0.2) is 54.3 Å². The van der Waals surface area contributed by atoms with Crippen molar-refractivity contribution in [1.29, 1.82) is 0 Å². The molecule has 0 aliphatic heterocycles. The van der Waals surface area contributed by atoms with E-state index in [1.807, 2.05) is 0 Å². The lowest BCUT2D eigenvalue weighted by atomic mass is 10.0. The fraction of sp³-hybridized carbons (Fsp3) is 0.920. The van der Waals surface area contributed by atoms with Crippen molar-refractivity contribution < 1.29 is 37.9 Å². The van der Waals surface area contributed by atoms with Gasteiger partial charge in [-0.05, 0) is 38.5 Å². The first-order chi connectivity index (χ1) is 29.3. The van der Waals surface area contributed by atoms with Gasteiger partial charge in [-0.15, -0.1) is 0 Å². The fourth-order valence-corrected chi connectivity index (χ4v) is 8.31. The van der Waals surface area contributed by atoms with E-state index in [1.54, 1.807) is 0 Å². The highest BCUT2D eigenvalue weighted by Gasteiger charge is 2.23. The van der Waals surface area contributed by atoms with Crippen molar-refractivity contribution in [3.63, 3.8) is 0 Å². The molecule has 0 aromatic carbocycles. The lowest BCUT2D eigenvalue weighted by molar-refractivity contribution is -0.147. The number of nitrogens with one attached hydrogen (secondary N) is 1. The monoisotopic (exact) mass is 872 g/mol. The highest BCUT2D eigenvalue weighted by Crippen LogP contribution is 2.42. The molecule has 2 atom stereocenters. The van der Waals surface area contributed by atoms with Gasteiger partial charge in [0.1, 0.15) is 12.7 Å². The Balaban J connectivity index is 3.52. The molecule has 10 heteroatoms. The molecule has 0 rings (SSSR count). The van der Waals surface area contributed by atoms with Gasteiger partial charge >= 0.3 is 13.8 Å². The van der Waals surface area contributed by atoms with Crippen LogP contribution in [-0.2, 0) is 27.9 Å². The van der Waals surface area contributed by atoms with Crippen LogP contribution in [0.3, 0.4) is 0 Å². The predicted octanol–water partition coefficient (Wildman–Crippen LogP) is 15.0. The Morgan fingerprint density at radius 3 is 1.25 bits per heavy atom. The summed E-state index contributed by atoms with van der Waals surface area (Å²) >= 11 is 0. The van der Waals surface area contributed by atoms with Gasteiger partial charge in [0, 0.05) is 19.4 Å². The van der Waals surface area contributed by atoms with Crippen LogP contribution < -0.4 is 5.32 Å². The number of phosphoric ester groups is 1. The molecule has 356 valence electrons. The Morgan fingerprint density at radius 1 is 0.500 bits per heavy atom. The molecule has 2 unspecified atom stereocenters. The topological polar surface area (TPSA) is 131 Å². The number of carbonyl (C=O) groups is 2. The molecule has 1 amide bonds. The first-order valence-electron chi connectivity index (χ1n) is 25.7. The quantitative estimate of drug-likeness (QED) is 0.0238. The van der Waals surface area contributed by atoms with Gasteiger partial charge in [-0.25, -0.2) is 4.57 Å². The van der Waals surface area contributed by atoms with E-state index in [9.17, 15) is 24.2 Å². The number of aliphatic hydroxyl groups excluding tert-OH is 1. The van der Waals surface area contributed by atoms with E-state index < -0.39 is 26.5 Å². The van der Waals surface area contributed by atoms with Crippen molar-refractivity contribution in [3.8, 4) is 0 Å². The van der Waals surface area contributed by atoms with Crippen LogP contribution in [0.5, 0.6) is 0 Å². The number of esters is 1. The van der Waals surface area contributed by atoms with Crippen LogP contribution in [0.4, 0.5) is 0 Å². The van der Waals surface area contributed by atoms with Crippen molar-refractivity contribution in [2.24, 2.45) is 0 Å². The van der Waals surface area contributed by atoms with E-state index in [4.69, 9.17) is 13.8 Å². The van der Waals surface area contributed by atoms with Crippen molar-refractivity contribution in [1.82, 2.24) is 5.32 Å². The number of unbranched alkanes of at least 4 members (excludes halogenated alkanes) is 34. The minimum atomic E-state index is -4.42. The molecule has 0 aromatic heterocycles. The lowest BCUT2D eigenvalue weighted by Gasteiger charge is -2.15. The van der Waals surface area contributed by atoms with E-state index in [-0.39, 0.29) is 32.1 Å². The summed E-state index contributed by atoms with van der Waals surface area (Å²) < 4.78 is 27.0. The van der Waals surface area contributed by atoms with Crippen LogP contribution in [0, 0.1) is 0 Å². The van der Waals surface area contributed by atoms with Crippen molar-refractivity contribution in [2.75, 3.05) is 26.4 Å². The standard InChI is InChI=1S/C50H98NO8P/c1-3-5-7-9-11-13-15-17-19-21-23-24-25-27-29-31-33-35-37-39-41-43-50(54)57-46-48(52)47-59-60(55,56)58-45-44-51-49(53)42-40-38-36-34-32-30-28-26-22-20-18-16-14-12-10-8-6-4-2/h17,19,48,52H,3-16,18,20-47H2,1-2H3,(H,51,53)(H,55,56)/b19-17+. The van der Waals surface area contributed by atoms with Gasteiger partial charge in [0.05, 0.1) is 13.2 Å². The molecule has 3 N–H and O–H groups in total. The van der Waals surface area contributed by atoms with Gasteiger partial charge in [0.15, 0.2) is 0 Å². The highest BCUT2D eigenvalue weighted by atomic mass is 31.2. The maximum absolute atomic E-state index is 12.1. The van der Waals surface area contributed by atoms with Crippen LogP contribution >= 0.6 is 7.82 Å². The summed E-state index contributed by atoms with van der Waals surface area (Å²) in [6.45, 7) is 3.61. The molecule has 0 heterocycles. The molecule has 0 saturated carbocycles. The first kappa shape index (κ1) is 58.8. The Labute approximate surface area is 370 Å². The summed E-state index contributed by atoms with van der Waals surface area (Å²) in [5.74, 6) is -0.503. The van der Waals surface area contributed by atoms with E-state index >= 15 is 0 Å². The molecule has 0 aromatic rings. The van der Waals surface area contributed by atoms with E-state index in [0.29, 0.717) is 6.42 Å². The Hall–Kier alpha value is -1.25. The molecule has 60 heavy (non-hydrogen) atoms. The molecule has 0 fully saturated rings. The van der Waals surface area contributed by atoms with Gasteiger partial charge in [-0.3, -0.25) is 18.6 Å². The maximum Gasteiger partial charge on any atom is 0.472 e. The second kappa shape index (κ2) is 47.2. The van der Waals surface area contributed by atoms with Gasteiger partial charge < -0.3 is 20.1 Å². The molecular weight excluding hydrogens is 774 g/mol. The normalized spacial score (nSPS) is 13.2. The first-order valence-corrected chi connectivity index (χ1v) is 27.2. The molecule has 9 nitrogen and oxygen atoms in total. The van der Waals surface area contributed by atoms with Crippen LogP contribution in [0.2, 0.25) is 0 Å². The summed E-state index contributed by atoms with van der Waals surface area (Å²) in [6, 6.07) is 0. The summed E-state index contributed by atoms with van der Waals surface area (Å²) in [7, 11) is -4.42. The fourth-order valence-electron chi connectivity index (χ4n) is 7.55. The third-order valence-corrected chi connectivity index (χ3v) is 12.4. The number of aliphatic hydroxyl groups is 1. The highest BCUT2D eigenvalue weighted by molar-refractivity contribution is 7.47. The third kappa shape index (κ3) is 47.8. The zero-order valence-corrected chi connectivity index (χ0v) is 40.3.